The van der Waals surface area contributed by atoms with E-state index in [-0.39, 0.29) is 41.7 Å². The van der Waals surface area contributed by atoms with Crippen LogP contribution in [-0.4, -0.2) is 58.6 Å². The maximum atomic E-state index is 14.9. The Morgan fingerprint density at radius 3 is 2.12 bits per heavy atom. The summed E-state index contributed by atoms with van der Waals surface area (Å²) < 4.78 is 18.1. The fraction of sp³-hybridized carbons (Fsp3) is 0.879. The summed E-state index contributed by atoms with van der Waals surface area (Å²) in [5.41, 5.74) is -9.01. The second-order valence-corrected chi connectivity index (χ2v) is 16.5. The molecule has 1 N–H and O–H groups in total. The summed E-state index contributed by atoms with van der Waals surface area (Å²) >= 11 is 0. The topological polar surface area (TPSA) is 116 Å². The molecule has 0 amide bonds. The number of methoxy groups -OCH3 is 1. The maximum Gasteiger partial charge on any atom is 0.311 e. The van der Waals surface area contributed by atoms with Gasteiger partial charge in [0.2, 0.25) is 0 Å². The molecule has 41 heavy (non-hydrogen) atoms. The number of hydrogen-bond donors (Lipinski definition) is 1. The van der Waals surface area contributed by atoms with Crippen LogP contribution in [0.4, 0.5) is 0 Å². The Morgan fingerprint density at radius 1 is 0.878 bits per heavy atom. The first-order valence-electron chi connectivity index (χ1n) is 15.5. The standard InChI is InChI=1S/C33H48O8/c1-19(34)40-21-10-11-29(7)23(36)32-17-30(8)20-16-27(5,24(37)39-9)13-12-26(20,4)14-15-28(30,6)22(35)31(32,38)18-33(29,41-32)25(21,2)3/h20-21,38H,10-18H2,1-9H3/t20-,21+,26-,27-,28-,29-,30+,31-,32+,33-/m1/s1. The van der Waals surface area contributed by atoms with Crippen LogP contribution >= 0.6 is 0 Å². The van der Waals surface area contributed by atoms with Gasteiger partial charge in [-0.2, -0.15) is 0 Å². The van der Waals surface area contributed by atoms with E-state index in [9.17, 15) is 24.3 Å². The van der Waals surface area contributed by atoms with Crippen molar-refractivity contribution in [1.29, 1.82) is 0 Å². The molecule has 6 fully saturated rings. The lowest BCUT2D eigenvalue weighted by Crippen LogP contribution is -2.78. The van der Waals surface area contributed by atoms with Gasteiger partial charge in [-0.15, -0.1) is 0 Å². The number of rotatable bonds is 2. The van der Waals surface area contributed by atoms with Crippen LogP contribution in [0.15, 0.2) is 0 Å². The lowest BCUT2D eigenvalue weighted by molar-refractivity contribution is -0.246. The van der Waals surface area contributed by atoms with Gasteiger partial charge in [-0.05, 0) is 82.0 Å². The van der Waals surface area contributed by atoms with Crippen LogP contribution in [0.25, 0.3) is 0 Å². The normalized spacial score (nSPS) is 54.9. The van der Waals surface area contributed by atoms with Gasteiger partial charge in [-0.25, -0.2) is 0 Å². The summed E-state index contributed by atoms with van der Waals surface area (Å²) in [5.74, 6) is -1.19. The number of esters is 2. The predicted molar refractivity (Wildman–Crippen MR) is 148 cm³/mol. The molecular weight excluding hydrogens is 524 g/mol. The number of Topliss-reactive ketones (excluding diaryl/α,β-unsaturated/α-hetero) is 2. The Morgan fingerprint density at radius 2 is 1.51 bits per heavy atom. The van der Waals surface area contributed by atoms with Gasteiger partial charge in [-0.3, -0.25) is 19.2 Å². The molecule has 0 aromatic heterocycles. The average molecular weight is 573 g/mol. The van der Waals surface area contributed by atoms with E-state index in [0.717, 1.165) is 12.8 Å². The minimum atomic E-state index is -1.97. The zero-order chi connectivity index (χ0) is 30.4. The molecule has 2 heterocycles. The van der Waals surface area contributed by atoms with Crippen LogP contribution in [0.3, 0.4) is 0 Å². The van der Waals surface area contributed by atoms with Crippen molar-refractivity contribution >= 4 is 23.5 Å². The van der Waals surface area contributed by atoms with Gasteiger partial charge in [0, 0.05) is 24.2 Å². The molecule has 2 bridgehead atoms. The number of carbonyl (C=O) groups is 4. The quantitative estimate of drug-likeness (QED) is 0.473. The molecule has 6 aliphatic rings. The lowest BCUT2D eigenvalue weighted by Gasteiger charge is -2.69. The zero-order valence-corrected chi connectivity index (χ0v) is 26.3. The highest BCUT2D eigenvalue weighted by molar-refractivity contribution is 6.09. The number of ether oxygens (including phenoxy) is 3. The van der Waals surface area contributed by atoms with Crippen molar-refractivity contribution in [1.82, 2.24) is 0 Å². The van der Waals surface area contributed by atoms with Gasteiger partial charge >= 0.3 is 11.9 Å². The van der Waals surface area contributed by atoms with Gasteiger partial charge in [0.25, 0.3) is 0 Å². The second-order valence-electron chi connectivity index (χ2n) is 16.5. The Kier molecular flexibility index (Phi) is 5.59. The van der Waals surface area contributed by atoms with E-state index in [2.05, 4.69) is 13.8 Å². The van der Waals surface area contributed by atoms with Crippen LogP contribution in [0.5, 0.6) is 0 Å². The number of fused-ring (bicyclic) bond motifs is 3. The highest BCUT2D eigenvalue weighted by Gasteiger charge is 2.91. The SMILES string of the molecule is COC(=O)[C@]1(C)CC[C@]2(C)CC[C@]3(C)C(=O)[C@]4(O)C[C@]56O[C@@]4(C[C@@]3(C)[C@@H]2C1)C(=O)[C@@]5(C)CC[C@H](OC(C)=O)C6(C)C. The minimum absolute atomic E-state index is 0.0132. The summed E-state index contributed by atoms with van der Waals surface area (Å²) in [5, 5.41) is 12.6. The molecule has 4 aliphatic carbocycles. The predicted octanol–water partition coefficient (Wildman–Crippen LogP) is 4.72. The molecule has 10 atom stereocenters. The molecule has 0 radical (unpaired) electrons. The Hall–Kier alpha value is -1.80. The van der Waals surface area contributed by atoms with E-state index in [1.807, 2.05) is 34.6 Å². The maximum absolute atomic E-state index is 14.9. The minimum Gasteiger partial charge on any atom is -0.469 e. The van der Waals surface area contributed by atoms with Crippen LogP contribution in [0, 0.1) is 38.4 Å². The molecule has 4 saturated carbocycles. The highest BCUT2D eigenvalue weighted by Crippen LogP contribution is 2.80. The number of carbonyl (C=O) groups excluding carboxylic acids is 4. The molecule has 228 valence electrons. The number of ketones is 2. The monoisotopic (exact) mass is 572 g/mol. The van der Waals surface area contributed by atoms with E-state index >= 15 is 0 Å². The van der Waals surface area contributed by atoms with Crippen molar-refractivity contribution in [3.63, 3.8) is 0 Å². The van der Waals surface area contributed by atoms with Gasteiger partial charge in [-0.1, -0.05) is 34.6 Å². The summed E-state index contributed by atoms with van der Waals surface area (Å²) in [6.45, 7) is 15.5. The second kappa shape index (κ2) is 7.82. The Balaban J connectivity index is 1.52. The van der Waals surface area contributed by atoms with Crippen LogP contribution < -0.4 is 0 Å². The van der Waals surface area contributed by atoms with Crippen molar-refractivity contribution in [2.45, 2.75) is 136 Å². The zero-order valence-electron chi connectivity index (χ0n) is 26.3. The Bertz CT molecular complexity index is 1270. The van der Waals surface area contributed by atoms with Crippen molar-refractivity contribution in [2.75, 3.05) is 7.11 Å². The molecular formula is C33H48O8. The fourth-order valence-corrected chi connectivity index (χ4v) is 11.6. The molecule has 0 aromatic carbocycles. The third-order valence-electron chi connectivity index (χ3n) is 14.5. The van der Waals surface area contributed by atoms with Gasteiger partial charge in [0.05, 0.1) is 23.5 Å². The molecule has 2 aliphatic heterocycles. The Labute approximate surface area is 243 Å². The van der Waals surface area contributed by atoms with Gasteiger partial charge < -0.3 is 19.3 Å². The summed E-state index contributed by atoms with van der Waals surface area (Å²) in [6, 6.07) is 0. The summed E-state index contributed by atoms with van der Waals surface area (Å²) in [7, 11) is 1.42. The van der Waals surface area contributed by atoms with Crippen LogP contribution in [-0.2, 0) is 33.4 Å². The van der Waals surface area contributed by atoms with Crippen LogP contribution in [0.2, 0.25) is 0 Å². The first-order valence-corrected chi connectivity index (χ1v) is 15.5. The molecule has 6 rings (SSSR count). The summed E-state index contributed by atoms with van der Waals surface area (Å²) in [6.07, 6.45) is 4.21. The molecule has 2 spiro atoms. The first kappa shape index (κ1) is 29.3. The lowest BCUT2D eigenvalue weighted by atomic mass is 9.33. The molecule has 8 nitrogen and oxygen atoms in total. The van der Waals surface area contributed by atoms with Crippen molar-refractivity contribution in [2.24, 2.45) is 38.4 Å². The molecule has 0 aromatic rings. The fourth-order valence-electron chi connectivity index (χ4n) is 11.6. The van der Waals surface area contributed by atoms with E-state index in [4.69, 9.17) is 14.2 Å². The molecule has 2 saturated heterocycles. The van der Waals surface area contributed by atoms with Crippen molar-refractivity contribution in [3.8, 4) is 0 Å². The van der Waals surface area contributed by atoms with E-state index in [0.29, 0.717) is 32.1 Å². The van der Waals surface area contributed by atoms with E-state index < -0.39 is 56.0 Å². The van der Waals surface area contributed by atoms with Crippen molar-refractivity contribution in [3.05, 3.63) is 0 Å². The van der Waals surface area contributed by atoms with Crippen LogP contribution in [0.1, 0.15) is 113 Å². The largest absolute Gasteiger partial charge is 0.469 e. The average Bonchev–Trinajstić information content (AvgIpc) is 3.28. The molecule has 8 heteroatoms. The van der Waals surface area contributed by atoms with E-state index in [1.165, 1.54) is 14.0 Å². The molecule has 0 unspecified atom stereocenters. The third-order valence-corrected chi connectivity index (χ3v) is 14.5. The number of hydrogen-bond acceptors (Lipinski definition) is 8. The van der Waals surface area contributed by atoms with Gasteiger partial charge in [0.1, 0.15) is 6.10 Å². The smallest absolute Gasteiger partial charge is 0.311 e. The first-order chi connectivity index (χ1) is 18.7. The van der Waals surface area contributed by atoms with Gasteiger partial charge in [0.15, 0.2) is 22.8 Å². The summed E-state index contributed by atoms with van der Waals surface area (Å²) in [4.78, 5) is 54.9. The third kappa shape index (κ3) is 2.91. The van der Waals surface area contributed by atoms with Crippen molar-refractivity contribution < 1.29 is 38.5 Å². The van der Waals surface area contributed by atoms with E-state index in [1.54, 1.807) is 0 Å². The highest BCUT2D eigenvalue weighted by atomic mass is 16.6. The number of aliphatic hydroxyl groups is 1.